The average molecular weight is 168 g/mol. The van der Waals surface area contributed by atoms with Gasteiger partial charge in [-0.1, -0.05) is 18.1 Å². The van der Waals surface area contributed by atoms with E-state index in [-0.39, 0.29) is 6.10 Å². The smallest absolute Gasteiger partial charge is 0.108 e. The molecule has 0 fully saturated rings. The lowest BCUT2D eigenvalue weighted by atomic mass is 10.3. The van der Waals surface area contributed by atoms with Crippen LogP contribution in [0.25, 0.3) is 0 Å². The molecule has 0 bridgehead atoms. The Hall–Kier alpha value is -0.780. The van der Waals surface area contributed by atoms with E-state index in [0.717, 1.165) is 0 Å². The minimum atomic E-state index is -0.409. The number of rotatable bonds is 4. The Balaban J connectivity index is 3.56. The van der Waals surface area contributed by atoms with E-state index in [9.17, 15) is 0 Å². The molecule has 0 heterocycles. The summed E-state index contributed by atoms with van der Waals surface area (Å²) in [6.07, 6.45) is 3.13. The van der Waals surface area contributed by atoms with E-state index in [1.165, 1.54) is 0 Å². The van der Waals surface area contributed by atoms with E-state index in [2.05, 4.69) is 11.8 Å². The molecule has 0 aliphatic carbocycles. The number of hydrogen-bond acceptors (Lipinski definition) is 2. The molecule has 2 atom stereocenters. The van der Waals surface area contributed by atoms with Crippen molar-refractivity contribution in [1.29, 1.82) is 0 Å². The summed E-state index contributed by atoms with van der Waals surface area (Å²) in [5, 5.41) is 8.90. The third-order valence-electron chi connectivity index (χ3n) is 1.26. The highest BCUT2D eigenvalue weighted by Gasteiger charge is 1.94. The molecular formula is C10H16O2. The van der Waals surface area contributed by atoms with E-state index in [1.807, 2.05) is 13.0 Å². The van der Waals surface area contributed by atoms with Crippen molar-refractivity contribution < 1.29 is 9.84 Å². The number of ether oxygens (including phenoxy) is 1. The maximum atomic E-state index is 8.90. The van der Waals surface area contributed by atoms with E-state index < -0.39 is 6.10 Å². The molecule has 0 aliphatic heterocycles. The van der Waals surface area contributed by atoms with Crippen LogP contribution in [0.1, 0.15) is 20.8 Å². The van der Waals surface area contributed by atoms with E-state index in [4.69, 9.17) is 9.84 Å². The largest absolute Gasteiger partial charge is 0.389 e. The molecule has 0 aromatic carbocycles. The van der Waals surface area contributed by atoms with Gasteiger partial charge in [0.1, 0.15) is 6.61 Å². The van der Waals surface area contributed by atoms with Crippen LogP contribution in [-0.2, 0) is 4.74 Å². The molecule has 2 heteroatoms. The van der Waals surface area contributed by atoms with Crippen LogP contribution < -0.4 is 0 Å². The molecular weight excluding hydrogens is 152 g/mol. The molecule has 0 saturated heterocycles. The molecule has 0 radical (unpaired) electrons. The SMILES string of the molecule is CC#CCOC(C)/C=C\C(C)O. The maximum Gasteiger partial charge on any atom is 0.108 e. The van der Waals surface area contributed by atoms with Gasteiger partial charge in [0.25, 0.3) is 0 Å². The molecule has 0 rings (SSSR count). The van der Waals surface area contributed by atoms with Crippen LogP contribution in [-0.4, -0.2) is 23.9 Å². The van der Waals surface area contributed by atoms with Gasteiger partial charge in [-0.15, -0.1) is 5.92 Å². The molecule has 0 spiro atoms. The molecule has 0 aromatic heterocycles. The van der Waals surface area contributed by atoms with Crippen LogP contribution in [0.2, 0.25) is 0 Å². The number of hydrogen-bond donors (Lipinski definition) is 1. The summed E-state index contributed by atoms with van der Waals surface area (Å²) in [5.74, 6) is 5.54. The molecule has 0 aromatic rings. The Kier molecular flexibility index (Phi) is 6.45. The topological polar surface area (TPSA) is 29.5 Å². The number of aliphatic hydroxyl groups excluding tert-OH is 1. The minimum Gasteiger partial charge on any atom is -0.389 e. The van der Waals surface area contributed by atoms with Crippen molar-refractivity contribution in [3.05, 3.63) is 12.2 Å². The maximum absolute atomic E-state index is 8.90. The molecule has 0 amide bonds. The highest BCUT2D eigenvalue weighted by molar-refractivity contribution is 4.96. The molecule has 1 N–H and O–H groups in total. The Morgan fingerprint density at radius 2 is 2.08 bits per heavy atom. The van der Waals surface area contributed by atoms with Crippen LogP contribution in [0.4, 0.5) is 0 Å². The fourth-order valence-electron chi connectivity index (χ4n) is 0.618. The van der Waals surface area contributed by atoms with Gasteiger partial charge < -0.3 is 9.84 Å². The van der Waals surface area contributed by atoms with Crippen molar-refractivity contribution in [3.8, 4) is 11.8 Å². The van der Waals surface area contributed by atoms with Crippen molar-refractivity contribution in [1.82, 2.24) is 0 Å². The van der Waals surface area contributed by atoms with E-state index in [0.29, 0.717) is 6.61 Å². The Morgan fingerprint density at radius 3 is 2.58 bits per heavy atom. The van der Waals surface area contributed by atoms with Crippen LogP contribution in [0, 0.1) is 11.8 Å². The van der Waals surface area contributed by atoms with Gasteiger partial charge in [0.15, 0.2) is 0 Å². The third-order valence-corrected chi connectivity index (χ3v) is 1.26. The zero-order valence-electron chi connectivity index (χ0n) is 7.87. The zero-order chi connectivity index (χ0) is 9.40. The summed E-state index contributed by atoms with van der Waals surface area (Å²) in [6.45, 7) is 5.84. The van der Waals surface area contributed by atoms with Gasteiger partial charge in [-0.05, 0) is 20.8 Å². The van der Waals surface area contributed by atoms with Gasteiger partial charge in [-0.2, -0.15) is 0 Å². The van der Waals surface area contributed by atoms with E-state index >= 15 is 0 Å². The highest BCUT2D eigenvalue weighted by atomic mass is 16.5. The monoisotopic (exact) mass is 168 g/mol. The summed E-state index contributed by atoms with van der Waals surface area (Å²) in [7, 11) is 0. The second kappa shape index (κ2) is 6.90. The van der Waals surface area contributed by atoms with Gasteiger partial charge in [0, 0.05) is 0 Å². The molecule has 12 heavy (non-hydrogen) atoms. The molecule has 0 aliphatic rings. The zero-order valence-corrected chi connectivity index (χ0v) is 7.87. The molecule has 2 unspecified atom stereocenters. The first kappa shape index (κ1) is 11.2. The van der Waals surface area contributed by atoms with Crippen molar-refractivity contribution in [2.24, 2.45) is 0 Å². The Morgan fingerprint density at radius 1 is 1.42 bits per heavy atom. The predicted molar refractivity (Wildman–Crippen MR) is 49.7 cm³/mol. The fourth-order valence-corrected chi connectivity index (χ4v) is 0.618. The van der Waals surface area contributed by atoms with E-state index in [1.54, 1.807) is 19.9 Å². The number of aliphatic hydroxyl groups is 1. The molecule has 0 saturated carbocycles. The normalized spacial score (nSPS) is 15.3. The summed E-state index contributed by atoms with van der Waals surface area (Å²) < 4.78 is 5.26. The highest BCUT2D eigenvalue weighted by Crippen LogP contribution is 1.93. The summed E-state index contributed by atoms with van der Waals surface area (Å²) in [6, 6.07) is 0. The van der Waals surface area contributed by atoms with Gasteiger partial charge in [0.2, 0.25) is 0 Å². The van der Waals surface area contributed by atoms with Crippen LogP contribution in [0.5, 0.6) is 0 Å². The summed E-state index contributed by atoms with van der Waals surface area (Å²) in [5.41, 5.74) is 0. The first-order chi connectivity index (χ1) is 5.66. The van der Waals surface area contributed by atoms with Crippen molar-refractivity contribution >= 4 is 0 Å². The van der Waals surface area contributed by atoms with Gasteiger partial charge in [-0.3, -0.25) is 0 Å². The lowest BCUT2D eigenvalue weighted by Crippen LogP contribution is -2.06. The summed E-state index contributed by atoms with van der Waals surface area (Å²) in [4.78, 5) is 0. The quantitative estimate of drug-likeness (QED) is 0.507. The summed E-state index contributed by atoms with van der Waals surface area (Å²) >= 11 is 0. The first-order valence-electron chi connectivity index (χ1n) is 4.04. The van der Waals surface area contributed by atoms with Crippen molar-refractivity contribution in [3.63, 3.8) is 0 Å². The van der Waals surface area contributed by atoms with Crippen molar-refractivity contribution in [2.45, 2.75) is 33.0 Å². The lowest BCUT2D eigenvalue weighted by molar-refractivity contribution is 0.126. The van der Waals surface area contributed by atoms with Crippen LogP contribution >= 0.6 is 0 Å². The first-order valence-corrected chi connectivity index (χ1v) is 4.04. The average Bonchev–Trinajstić information content (AvgIpc) is 2.01. The molecule has 68 valence electrons. The fraction of sp³-hybridized carbons (Fsp3) is 0.600. The second-order valence-corrected chi connectivity index (χ2v) is 2.57. The van der Waals surface area contributed by atoms with Gasteiger partial charge in [0.05, 0.1) is 12.2 Å². The van der Waals surface area contributed by atoms with Gasteiger partial charge in [-0.25, -0.2) is 0 Å². The minimum absolute atomic E-state index is 0.0143. The van der Waals surface area contributed by atoms with Crippen molar-refractivity contribution in [2.75, 3.05) is 6.61 Å². The molecule has 2 nitrogen and oxygen atoms in total. The van der Waals surface area contributed by atoms with Crippen LogP contribution in [0.15, 0.2) is 12.2 Å². The standard InChI is InChI=1S/C10H16O2/c1-4-5-8-12-10(3)7-6-9(2)11/h6-7,9-11H,8H2,1-3H3/b7-6-. The van der Waals surface area contributed by atoms with Crippen LogP contribution in [0.3, 0.4) is 0 Å². The Labute approximate surface area is 74.2 Å². The third kappa shape index (κ3) is 7.33. The Bertz CT molecular complexity index is 184. The second-order valence-electron chi connectivity index (χ2n) is 2.57. The lowest BCUT2D eigenvalue weighted by Gasteiger charge is -2.04. The van der Waals surface area contributed by atoms with Gasteiger partial charge >= 0.3 is 0 Å². The predicted octanol–water partition coefficient (Wildman–Crippen LogP) is 1.35.